The monoisotopic (exact) mass is 461 g/mol. The van der Waals surface area contributed by atoms with Crippen molar-refractivity contribution in [3.8, 4) is 17.1 Å². The highest BCUT2D eigenvalue weighted by Crippen LogP contribution is 2.28. The summed E-state index contributed by atoms with van der Waals surface area (Å²) in [6, 6.07) is 5.82. The molecule has 0 spiro atoms. The summed E-state index contributed by atoms with van der Waals surface area (Å²) in [7, 11) is 0. The molecule has 176 valence electrons. The number of carbonyl (C=O) groups excluding carboxylic acids is 2. The first-order chi connectivity index (χ1) is 16.0. The van der Waals surface area contributed by atoms with E-state index in [2.05, 4.69) is 20.1 Å². The average molecular weight is 462 g/mol. The van der Waals surface area contributed by atoms with Crippen LogP contribution in [0.5, 0.6) is 6.01 Å². The molecule has 1 aromatic carbocycles. The number of aromatic nitrogens is 4. The van der Waals surface area contributed by atoms with Gasteiger partial charge in [0.1, 0.15) is 23.4 Å². The zero-order chi connectivity index (χ0) is 24.5. The molecule has 0 fully saturated rings. The van der Waals surface area contributed by atoms with E-state index in [1.807, 2.05) is 31.2 Å². The van der Waals surface area contributed by atoms with E-state index in [0.717, 1.165) is 11.1 Å². The van der Waals surface area contributed by atoms with Crippen LogP contribution in [0.4, 0.5) is 0 Å². The molecule has 0 N–H and O–H groups in total. The summed E-state index contributed by atoms with van der Waals surface area (Å²) in [5, 5.41) is 5.02. The summed E-state index contributed by atoms with van der Waals surface area (Å²) < 4.78 is 12.8. The van der Waals surface area contributed by atoms with Gasteiger partial charge in [0.25, 0.3) is 0 Å². The summed E-state index contributed by atoms with van der Waals surface area (Å²) in [5.41, 5.74) is 1.38. The molecule has 1 aliphatic heterocycles. The van der Waals surface area contributed by atoms with Crippen LogP contribution in [0.25, 0.3) is 22.0 Å². The fourth-order valence-corrected chi connectivity index (χ4v) is 3.60. The SMILES string of the molecule is CC(=O)c1nn(CC(=O)OC(C)(C)C)c2ccc(-c3cnc(OC4(C)C=CN=CC4)nc3)cc12. The van der Waals surface area contributed by atoms with E-state index in [1.165, 1.54) is 11.6 Å². The van der Waals surface area contributed by atoms with Crippen molar-refractivity contribution in [2.45, 2.75) is 58.8 Å². The Labute approximate surface area is 197 Å². The highest BCUT2D eigenvalue weighted by atomic mass is 16.6. The summed E-state index contributed by atoms with van der Waals surface area (Å²) in [4.78, 5) is 37.3. The Morgan fingerprint density at radius 2 is 1.88 bits per heavy atom. The first kappa shape index (κ1) is 23.3. The Morgan fingerprint density at radius 3 is 2.50 bits per heavy atom. The van der Waals surface area contributed by atoms with E-state index in [4.69, 9.17) is 9.47 Å². The van der Waals surface area contributed by atoms with Crippen molar-refractivity contribution in [1.82, 2.24) is 19.7 Å². The van der Waals surface area contributed by atoms with Crippen LogP contribution in [0.1, 0.15) is 51.5 Å². The predicted octanol–water partition coefficient (Wildman–Crippen LogP) is 4.16. The third-order valence-corrected chi connectivity index (χ3v) is 5.18. The smallest absolute Gasteiger partial charge is 0.328 e. The van der Waals surface area contributed by atoms with Crippen molar-refractivity contribution in [2.24, 2.45) is 4.99 Å². The maximum atomic E-state index is 12.3. The first-order valence-electron chi connectivity index (χ1n) is 11.0. The maximum absolute atomic E-state index is 12.3. The van der Waals surface area contributed by atoms with Crippen molar-refractivity contribution < 1.29 is 19.1 Å². The lowest BCUT2D eigenvalue weighted by Gasteiger charge is -2.25. The van der Waals surface area contributed by atoms with E-state index in [1.54, 1.807) is 45.6 Å². The van der Waals surface area contributed by atoms with Gasteiger partial charge in [-0.05, 0) is 51.5 Å². The third-order valence-electron chi connectivity index (χ3n) is 5.18. The normalized spacial score (nSPS) is 17.7. The van der Waals surface area contributed by atoms with Gasteiger partial charge in [0, 0.05) is 49.1 Å². The van der Waals surface area contributed by atoms with E-state index in [9.17, 15) is 9.59 Å². The van der Waals surface area contributed by atoms with Crippen LogP contribution in [0.3, 0.4) is 0 Å². The number of benzene rings is 1. The Kier molecular flexibility index (Phi) is 6.03. The van der Waals surface area contributed by atoms with Crippen LogP contribution in [0.2, 0.25) is 0 Å². The Morgan fingerprint density at radius 1 is 1.15 bits per heavy atom. The number of Topliss-reactive ketones (excluding diaryl/α,β-unsaturated/α-hetero) is 1. The van der Waals surface area contributed by atoms with Crippen LogP contribution in [0.15, 0.2) is 47.9 Å². The van der Waals surface area contributed by atoms with Crippen molar-refractivity contribution in [3.63, 3.8) is 0 Å². The lowest BCUT2D eigenvalue weighted by Crippen LogP contribution is -2.32. The molecule has 3 heterocycles. The van der Waals surface area contributed by atoms with Crippen LogP contribution < -0.4 is 4.74 Å². The number of aliphatic imine (C=N–C) groups is 1. The van der Waals surface area contributed by atoms with E-state index in [0.29, 0.717) is 23.0 Å². The molecule has 0 saturated carbocycles. The number of fused-ring (bicyclic) bond motifs is 1. The van der Waals surface area contributed by atoms with Crippen molar-refractivity contribution in [1.29, 1.82) is 0 Å². The topological polar surface area (TPSA) is 109 Å². The molecule has 9 heteroatoms. The number of nitrogens with zero attached hydrogens (tertiary/aromatic N) is 5. The minimum Gasteiger partial charge on any atom is -0.459 e. The van der Waals surface area contributed by atoms with Gasteiger partial charge >= 0.3 is 12.0 Å². The molecule has 9 nitrogen and oxygen atoms in total. The molecule has 0 bridgehead atoms. The van der Waals surface area contributed by atoms with Crippen molar-refractivity contribution >= 4 is 28.9 Å². The minimum atomic E-state index is -0.606. The summed E-state index contributed by atoms with van der Waals surface area (Å²) >= 11 is 0. The zero-order valence-corrected chi connectivity index (χ0v) is 19.9. The van der Waals surface area contributed by atoms with Gasteiger partial charge in [0.15, 0.2) is 5.78 Å². The van der Waals surface area contributed by atoms with E-state index < -0.39 is 17.2 Å². The van der Waals surface area contributed by atoms with Crippen LogP contribution in [-0.4, -0.2) is 48.9 Å². The molecule has 0 aliphatic carbocycles. The van der Waals surface area contributed by atoms with Gasteiger partial charge in [0.05, 0.1) is 5.52 Å². The molecular weight excluding hydrogens is 434 g/mol. The standard InChI is InChI=1S/C25H27N5O4/c1-16(31)22-19-12-17(6-7-20(19)30(29-22)15-21(32)33-24(2,3)4)18-13-27-23(28-14-18)34-25(5)8-10-26-11-9-25/h6-8,10-14H,9,15H2,1-5H3. The fraction of sp³-hybridized carbons (Fsp3) is 0.360. The Bertz CT molecular complexity index is 1300. The maximum Gasteiger partial charge on any atom is 0.328 e. The molecule has 3 aromatic rings. The number of hydrogen-bond donors (Lipinski definition) is 0. The number of ketones is 1. The van der Waals surface area contributed by atoms with E-state index >= 15 is 0 Å². The number of esters is 1. The number of rotatable bonds is 6. The third kappa shape index (κ3) is 5.19. The zero-order valence-electron chi connectivity index (χ0n) is 19.9. The average Bonchev–Trinajstić information content (AvgIpc) is 3.11. The molecule has 4 rings (SSSR count). The Hall–Kier alpha value is -3.88. The van der Waals surface area contributed by atoms with Gasteiger partial charge in [0.2, 0.25) is 0 Å². The van der Waals surface area contributed by atoms with Gasteiger partial charge in [-0.3, -0.25) is 19.3 Å². The molecule has 0 radical (unpaired) electrons. The second kappa shape index (κ2) is 8.81. The second-order valence-electron chi connectivity index (χ2n) is 9.40. The quantitative estimate of drug-likeness (QED) is 0.400. The van der Waals surface area contributed by atoms with Crippen molar-refractivity contribution in [3.05, 3.63) is 48.6 Å². The summed E-state index contributed by atoms with van der Waals surface area (Å²) in [5.74, 6) is -0.616. The van der Waals surface area contributed by atoms with Gasteiger partial charge in [-0.15, -0.1) is 0 Å². The lowest BCUT2D eigenvalue weighted by molar-refractivity contribution is -0.155. The van der Waals surface area contributed by atoms with Gasteiger partial charge in [-0.25, -0.2) is 9.97 Å². The van der Waals surface area contributed by atoms with Crippen LogP contribution >= 0.6 is 0 Å². The summed E-state index contributed by atoms with van der Waals surface area (Å²) in [6.07, 6.45) is 9.34. The highest BCUT2D eigenvalue weighted by molar-refractivity contribution is 6.06. The van der Waals surface area contributed by atoms with Gasteiger partial charge in [-0.1, -0.05) is 6.07 Å². The molecule has 1 atom stereocenters. The molecule has 0 saturated heterocycles. The Balaban J connectivity index is 1.61. The highest BCUT2D eigenvalue weighted by Gasteiger charge is 2.25. The molecule has 34 heavy (non-hydrogen) atoms. The predicted molar refractivity (Wildman–Crippen MR) is 128 cm³/mol. The van der Waals surface area contributed by atoms with Gasteiger partial charge < -0.3 is 9.47 Å². The van der Waals surface area contributed by atoms with Gasteiger partial charge in [-0.2, -0.15) is 5.10 Å². The molecule has 1 aliphatic rings. The van der Waals surface area contributed by atoms with Crippen LogP contribution in [0, 0.1) is 0 Å². The lowest BCUT2D eigenvalue weighted by atomic mass is 10.0. The minimum absolute atomic E-state index is 0.0898. The summed E-state index contributed by atoms with van der Waals surface area (Å²) in [6.45, 7) is 8.71. The molecule has 2 aromatic heterocycles. The number of hydrogen-bond acceptors (Lipinski definition) is 8. The second-order valence-corrected chi connectivity index (χ2v) is 9.40. The number of ether oxygens (including phenoxy) is 2. The van der Waals surface area contributed by atoms with Crippen molar-refractivity contribution in [2.75, 3.05) is 0 Å². The van der Waals surface area contributed by atoms with Crippen LogP contribution in [-0.2, 0) is 16.1 Å². The fourth-order valence-electron chi connectivity index (χ4n) is 3.60. The first-order valence-corrected chi connectivity index (χ1v) is 11.0. The molecule has 1 unspecified atom stereocenters. The molecule has 0 amide bonds. The largest absolute Gasteiger partial charge is 0.459 e. The number of carbonyl (C=O) groups is 2. The van der Waals surface area contributed by atoms with E-state index in [-0.39, 0.29) is 18.3 Å². The molecular formula is C25H27N5O4.